The third-order valence-electron chi connectivity index (χ3n) is 5.31. The highest BCUT2D eigenvalue weighted by atomic mass is 79.9. The van der Waals surface area contributed by atoms with Gasteiger partial charge in [-0.3, -0.25) is 9.59 Å². The standard InChI is InChI=1S/C23H21BrN2O4/c24-18-3-1-2-17(10-18)23(29)26-13-19(27)11-20(26)21(28)9-6-15-4-7-16(8-5-15)22-12-25-14-30-22/h1-5,7-8,10,12,14,19-20,27H,6,9,11,13H2/t19-,20+/m1/s1. The number of benzene rings is 2. The minimum absolute atomic E-state index is 0.0331. The first kappa shape index (κ1) is 20.5. The first-order chi connectivity index (χ1) is 14.5. The Hall–Kier alpha value is -2.77. The molecule has 6 nitrogen and oxygen atoms in total. The lowest BCUT2D eigenvalue weighted by Gasteiger charge is -2.23. The number of carbonyl (C=O) groups excluding carboxylic acids is 2. The summed E-state index contributed by atoms with van der Waals surface area (Å²) in [5.74, 6) is 0.427. The number of β-amino-alcohol motifs (C(OH)–C–C–N with tert-alkyl or cyclic N) is 1. The Morgan fingerprint density at radius 3 is 2.70 bits per heavy atom. The molecule has 0 saturated carbocycles. The number of likely N-dealkylation sites (tertiary alicyclic amines) is 1. The first-order valence-electron chi connectivity index (χ1n) is 9.76. The van der Waals surface area contributed by atoms with E-state index < -0.39 is 12.1 Å². The largest absolute Gasteiger partial charge is 0.444 e. The molecule has 1 saturated heterocycles. The lowest BCUT2D eigenvalue weighted by atomic mass is 10.00. The lowest BCUT2D eigenvalue weighted by molar-refractivity contribution is -0.122. The van der Waals surface area contributed by atoms with E-state index in [4.69, 9.17) is 4.42 Å². The Bertz CT molecular complexity index is 1030. The summed E-state index contributed by atoms with van der Waals surface area (Å²) in [6.07, 6.45) is 3.52. The first-order valence-corrected chi connectivity index (χ1v) is 10.6. The number of Topliss-reactive ketones (excluding diaryl/α,β-unsaturated/α-hetero) is 1. The number of halogens is 1. The molecule has 4 rings (SSSR count). The third-order valence-corrected chi connectivity index (χ3v) is 5.81. The summed E-state index contributed by atoms with van der Waals surface area (Å²) in [4.78, 5) is 31.2. The summed E-state index contributed by atoms with van der Waals surface area (Å²) in [7, 11) is 0. The highest BCUT2D eigenvalue weighted by Gasteiger charge is 2.38. The molecule has 1 aliphatic heterocycles. The van der Waals surface area contributed by atoms with Crippen molar-refractivity contribution in [3.05, 3.63) is 76.7 Å². The second-order valence-electron chi connectivity index (χ2n) is 7.40. The summed E-state index contributed by atoms with van der Waals surface area (Å²) in [6.45, 7) is 0.174. The Morgan fingerprint density at radius 1 is 1.20 bits per heavy atom. The van der Waals surface area contributed by atoms with Crippen molar-refractivity contribution in [2.45, 2.75) is 31.4 Å². The number of aromatic nitrogens is 1. The van der Waals surface area contributed by atoms with Gasteiger partial charge in [0.1, 0.15) is 0 Å². The van der Waals surface area contributed by atoms with E-state index in [1.807, 2.05) is 30.3 Å². The van der Waals surface area contributed by atoms with Crippen molar-refractivity contribution in [2.75, 3.05) is 6.54 Å². The second kappa shape index (κ2) is 8.93. The maximum Gasteiger partial charge on any atom is 0.254 e. The Morgan fingerprint density at radius 2 is 2.00 bits per heavy atom. The van der Waals surface area contributed by atoms with Crippen LogP contribution in [0, 0.1) is 0 Å². The number of aliphatic hydroxyl groups is 1. The van der Waals surface area contributed by atoms with E-state index in [-0.39, 0.29) is 24.7 Å². The molecule has 1 N–H and O–H groups in total. The van der Waals surface area contributed by atoms with E-state index in [0.29, 0.717) is 24.2 Å². The topological polar surface area (TPSA) is 83.6 Å². The molecule has 7 heteroatoms. The van der Waals surface area contributed by atoms with E-state index in [1.165, 1.54) is 11.3 Å². The summed E-state index contributed by atoms with van der Waals surface area (Å²) < 4.78 is 6.08. The molecule has 2 aromatic carbocycles. The minimum Gasteiger partial charge on any atom is -0.444 e. The molecule has 0 unspecified atom stereocenters. The molecule has 1 aromatic heterocycles. The number of aliphatic hydroxyl groups excluding tert-OH is 1. The van der Waals surface area contributed by atoms with Crippen molar-refractivity contribution in [1.29, 1.82) is 0 Å². The molecule has 0 bridgehead atoms. The van der Waals surface area contributed by atoms with E-state index in [1.54, 1.807) is 24.4 Å². The van der Waals surface area contributed by atoms with Gasteiger partial charge in [0.15, 0.2) is 17.9 Å². The fourth-order valence-electron chi connectivity index (χ4n) is 3.76. The number of aryl methyl sites for hydroxylation is 1. The van der Waals surface area contributed by atoms with Gasteiger partial charge in [0.2, 0.25) is 0 Å². The van der Waals surface area contributed by atoms with Crippen molar-refractivity contribution in [3.8, 4) is 11.3 Å². The van der Waals surface area contributed by atoms with Crippen LogP contribution in [0.3, 0.4) is 0 Å². The molecule has 2 heterocycles. The number of carbonyl (C=O) groups is 2. The smallest absolute Gasteiger partial charge is 0.254 e. The van der Waals surface area contributed by atoms with E-state index in [2.05, 4.69) is 20.9 Å². The predicted octanol–water partition coefficient (Wildman–Crippen LogP) is 3.88. The van der Waals surface area contributed by atoms with Crippen molar-refractivity contribution >= 4 is 27.6 Å². The Kier molecular flexibility index (Phi) is 6.11. The molecule has 1 amide bonds. The minimum atomic E-state index is -0.684. The monoisotopic (exact) mass is 468 g/mol. The molecule has 154 valence electrons. The summed E-state index contributed by atoms with van der Waals surface area (Å²) in [6, 6.07) is 14.2. The van der Waals surface area contributed by atoms with E-state index >= 15 is 0 Å². The van der Waals surface area contributed by atoms with Gasteiger partial charge >= 0.3 is 0 Å². The maximum absolute atomic E-state index is 12.9. The quantitative estimate of drug-likeness (QED) is 0.593. The average molecular weight is 469 g/mol. The number of hydrogen-bond acceptors (Lipinski definition) is 5. The van der Waals surface area contributed by atoms with Crippen molar-refractivity contribution < 1.29 is 19.1 Å². The normalized spacial score (nSPS) is 18.5. The van der Waals surface area contributed by atoms with Crippen LogP contribution in [0.1, 0.15) is 28.8 Å². The third kappa shape index (κ3) is 4.52. The van der Waals surface area contributed by atoms with Crippen LogP contribution >= 0.6 is 15.9 Å². The van der Waals surface area contributed by atoms with Gasteiger partial charge in [-0.15, -0.1) is 0 Å². The van der Waals surface area contributed by atoms with Crippen molar-refractivity contribution in [3.63, 3.8) is 0 Å². The zero-order chi connectivity index (χ0) is 21.1. The van der Waals surface area contributed by atoms with Crippen LogP contribution in [0.2, 0.25) is 0 Å². The van der Waals surface area contributed by atoms with Gasteiger partial charge in [-0.1, -0.05) is 46.3 Å². The molecular formula is C23H21BrN2O4. The number of nitrogens with zero attached hydrogens (tertiary/aromatic N) is 2. The highest BCUT2D eigenvalue weighted by molar-refractivity contribution is 9.10. The van der Waals surface area contributed by atoms with Gasteiger partial charge in [0.25, 0.3) is 5.91 Å². The van der Waals surface area contributed by atoms with Gasteiger partial charge in [-0.25, -0.2) is 4.98 Å². The second-order valence-corrected chi connectivity index (χ2v) is 8.32. The fourth-order valence-corrected chi connectivity index (χ4v) is 4.16. The number of hydrogen-bond donors (Lipinski definition) is 1. The molecule has 3 aromatic rings. The molecule has 2 atom stereocenters. The van der Waals surface area contributed by atoms with Crippen LogP contribution in [0.25, 0.3) is 11.3 Å². The van der Waals surface area contributed by atoms with E-state index in [9.17, 15) is 14.7 Å². The van der Waals surface area contributed by atoms with Gasteiger partial charge in [-0.05, 0) is 30.2 Å². The van der Waals surface area contributed by atoms with Gasteiger partial charge in [0, 0.05) is 35.0 Å². The highest BCUT2D eigenvalue weighted by Crippen LogP contribution is 2.25. The van der Waals surface area contributed by atoms with Crippen LogP contribution in [0.15, 0.2) is 70.0 Å². The van der Waals surface area contributed by atoms with Crippen molar-refractivity contribution in [1.82, 2.24) is 9.88 Å². The van der Waals surface area contributed by atoms with Crippen LogP contribution in [0.5, 0.6) is 0 Å². The number of amides is 1. The zero-order valence-electron chi connectivity index (χ0n) is 16.2. The molecule has 30 heavy (non-hydrogen) atoms. The van der Waals surface area contributed by atoms with Crippen LogP contribution < -0.4 is 0 Å². The number of rotatable bonds is 6. The van der Waals surface area contributed by atoms with Crippen molar-refractivity contribution in [2.24, 2.45) is 0 Å². The zero-order valence-corrected chi connectivity index (χ0v) is 17.8. The molecular weight excluding hydrogens is 448 g/mol. The van der Waals surface area contributed by atoms with Gasteiger partial charge in [0.05, 0.1) is 18.3 Å². The van der Waals surface area contributed by atoms with Crippen LogP contribution in [0.4, 0.5) is 0 Å². The molecule has 1 aliphatic rings. The summed E-state index contributed by atoms with van der Waals surface area (Å²) in [5.41, 5.74) is 2.45. The predicted molar refractivity (Wildman–Crippen MR) is 115 cm³/mol. The maximum atomic E-state index is 12.9. The summed E-state index contributed by atoms with van der Waals surface area (Å²) >= 11 is 3.37. The number of oxazole rings is 1. The van der Waals surface area contributed by atoms with Gasteiger partial charge < -0.3 is 14.4 Å². The SMILES string of the molecule is O=C(CCc1ccc(-c2cnco2)cc1)[C@@H]1C[C@@H](O)CN1C(=O)c1cccc(Br)c1. The lowest BCUT2D eigenvalue weighted by Crippen LogP contribution is -2.40. The van der Waals surface area contributed by atoms with E-state index in [0.717, 1.165) is 15.6 Å². The molecule has 0 radical (unpaired) electrons. The van der Waals surface area contributed by atoms with Crippen LogP contribution in [-0.4, -0.2) is 45.4 Å². The summed E-state index contributed by atoms with van der Waals surface area (Å²) in [5, 5.41) is 10.1. The Labute approximate surface area is 182 Å². The molecule has 0 aliphatic carbocycles. The Balaban J connectivity index is 1.41. The van der Waals surface area contributed by atoms with Gasteiger partial charge in [-0.2, -0.15) is 0 Å². The average Bonchev–Trinajstić information content (AvgIpc) is 3.42. The number of ketones is 1. The molecule has 1 fully saturated rings. The van der Waals surface area contributed by atoms with Crippen LogP contribution in [-0.2, 0) is 11.2 Å². The molecule has 0 spiro atoms. The fraction of sp³-hybridized carbons (Fsp3) is 0.261.